The lowest BCUT2D eigenvalue weighted by atomic mass is 10.2. The summed E-state index contributed by atoms with van der Waals surface area (Å²) in [5.41, 5.74) is 8.64. The van der Waals surface area contributed by atoms with Gasteiger partial charge in [0, 0.05) is 4.91 Å². The first kappa shape index (κ1) is 10.5. The molecule has 0 aliphatic rings. The van der Waals surface area contributed by atoms with Crippen molar-refractivity contribution in [2.45, 2.75) is 14.0 Å². The minimum absolute atomic E-state index is 0. The first-order chi connectivity index (χ1) is 5.33. The Bertz CT molecular complexity index is 292. The van der Waals surface area contributed by atoms with Crippen molar-refractivity contribution in [1.29, 1.82) is 0 Å². The van der Waals surface area contributed by atoms with Crippen LogP contribution in [-0.4, -0.2) is 0 Å². The van der Waals surface area contributed by atoms with Crippen molar-refractivity contribution in [3.8, 4) is 0 Å². The van der Waals surface area contributed by atoms with Crippen molar-refractivity contribution < 1.29 is 4.39 Å². The molecule has 0 amide bonds. The van der Waals surface area contributed by atoms with Gasteiger partial charge < -0.3 is 0 Å². The van der Waals surface area contributed by atoms with Crippen molar-refractivity contribution in [3.05, 3.63) is 46.1 Å². The van der Waals surface area contributed by atoms with Gasteiger partial charge in [-0.3, -0.25) is 0 Å². The number of halogens is 1. The number of hydrogen-bond acceptors (Lipinski definition) is 1. The minimum Gasteiger partial charge on any atom is -0.207 e. The van der Waals surface area contributed by atoms with Crippen molar-refractivity contribution >= 4 is 0 Å². The molecule has 4 heteroatoms. The van der Waals surface area contributed by atoms with Gasteiger partial charge in [-0.15, -0.1) is 0 Å². The maximum atomic E-state index is 12.5. The molecule has 1 aromatic rings. The Kier molecular flexibility index (Phi) is 4.49. The number of nitrogens with zero attached hydrogens (tertiary/aromatic N) is 3. The molecule has 0 atom stereocenters. The fourth-order valence-electron chi connectivity index (χ4n) is 0.749. The lowest BCUT2D eigenvalue weighted by Gasteiger charge is -1.93. The van der Waals surface area contributed by atoms with E-state index in [-0.39, 0.29) is 19.8 Å². The Labute approximate surface area is 70.5 Å². The monoisotopic (exact) mass is 167 g/mol. The van der Waals surface area contributed by atoms with E-state index in [4.69, 9.17) is 5.53 Å². The highest BCUT2D eigenvalue weighted by Crippen LogP contribution is 2.04. The second kappa shape index (κ2) is 5.16. The highest BCUT2D eigenvalue weighted by molar-refractivity contribution is 5.15. The lowest BCUT2D eigenvalue weighted by molar-refractivity contribution is 0.625. The summed E-state index contributed by atoms with van der Waals surface area (Å²) in [7, 11) is 0. The molecule has 0 spiro atoms. The van der Waals surface area contributed by atoms with Gasteiger partial charge in [-0.1, -0.05) is 24.7 Å². The first-order valence-corrected chi connectivity index (χ1v) is 3.08. The van der Waals surface area contributed by atoms with E-state index < -0.39 is 0 Å². The molecule has 0 aliphatic carbocycles. The van der Waals surface area contributed by atoms with Gasteiger partial charge in [0.15, 0.2) is 0 Å². The summed E-state index contributed by atoms with van der Waals surface area (Å²) in [5, 5.41) is 3.30. The smallest absolute Gasteiger partial charge is 0.123 e. The highest BCUT2D eigenvalue weighted by atomic mass is 19.1. The van der Waals surface area contributed by atoms with Crippen molar-refractivity contribution in [3.63, 3.8) is 0 Å². The van der Waals surface area contributed by atoms with E-state index in [1.807, 2.05) is 0 Å². The topological polar surface area (TPSA) is 48.8 Å². The third-order valence-corrected chi connectivity index (χ3v) is 1.21. The van der Waals surface area contributed by atoms with Crippen LogP contribution in [0.5, 0.6) is 0 Å². The van der Waals surface area contributed by atoms with Crippen LogP contribution in [0.3, 0.4) is 0 Å². The molecule has 0 aliphatic heterocycles. The predicted molar refractivity (Wildman–Crippen MR) is 46.0 cm³/mol. The number of benzene rings is 1. The Morgan fingerprint density at radius 3 is 2.83 bits per heavy atom. The molecule has 0 N–H and O–H groups in total. The molecule has 0 fully saturated rings. The van der Waals surface area contributed by atoms with E-state index in [0.29, 0.717) is 5.56 Å². The third kappa shape index (κ3) is 3.03. The van der Waals surface area contributed by atoms with Crippen molar-refractivity contribution in [1.82, 2.24) is 0 Å². The largest absolute Gasteiger partial charge is 0.207 e. The molecule has 0 bridgehead atoms. The number of hydrogen-bond donors (Lipinski definition) is 0. The summed E-state index contributed by atoms with van der Waals surface area (Å²) in [6.07, 6.45) is 0. The first-order valence-electron chi connectivity index (χ1n) is 3.08. The van der Waals surface area contributed by atoms with Gasteiger partial charge in [-0.2, -0.15) is 0 Å². The minimum atomic E-state index is -0.310. The van der Waals surface area contributed by atoms with Crippen LogP contribution in [0, 0.1) is 5.82 Å². The zero-order chi connectivity index (χ0) is 8.10. The van der Waals surface area contributed by atoms with E-state index >= 15 is 0 Å². The van der Waals surface area contributed by atoms with Gasteiger partial charge >= 0.3 is 0 Å². The van der Waals surface area contributed by atoms with E-state index in [1.165, 1.54) is 12.1 Å². The molecule has 12 heavy (non-hydrogen) atoms. The van der Waals surface area contributed by atoms with Crippen LogP contribution in [0.15, 0.2) is 29.4 Å². The zero-order valence-corrected chi connectivity index (χ0v) is 5.74. The second-order valence-electron chi connectivity index (χ2n) is 2.02. The van der Waals surface area contributed by atoms with Crippen molar-refractivity contribution in [2.24, 2.45) is 5.11 Å². The summed E-state index contributed by atoms with van der Waals surface area (Å²) >= 11 is 0. The average Bonchev–Trinajstić information content (AvgIpc) is 2.01. The molecule has 1 rings (SSSR count). The van der Waals surface area contributed by atoms with Gasteiger partial charge in [0.1, 0.15) is 5.82 Å². The van der Waals surface area contributed by atoms with E-state index in [0.717, 1.165) is 0 Å². The van der Waals surface area contributed by atoms with E-state index in [9.17, 15) is 4.39 Å². The highest BCUT2D eigenvalue weighted by Gasteiger charge is 1.91. The van der Waals surface area contributed by atoms with Gasteiger partial charge in [0.2, 0.25) is 0 Å². The molecule has 0 aromatic heterocycles. The Hall–Kier alpha value is -1.54. The summed E-state index contributed by atoms with van der Waals surface area (Å²) < 4.78 is 12.5. The second-order valence-corrected chi connectivity index (χ2v) is 2.02. The Morgan fingerprint density at radius 2 is 2.25 bits per heavy atom. The number of azide groups is 1. The van der Waals surface area contributed by atoms with Crippen LogP contribution < -0.4 is 0 Å². The van der Waals surface area contributed by atoms with Crippen LogP contribution in [0.4, 0.5) is 4.39 Å². The summed E-state index contributed by atoms with van der Waals surface area (Å²) in [6, 6.07) is 5.98. The van der Waals surface area contributed by atoms with Crippen LogP contribution in [0.25, 0.3) is 10.4 Å². The van der Waals surface area contributed by atoms with Crippen LogP contribution in [-0.2, 0) is 6.54 Å². The molecule has 0 heterocycles. The van der Waals surface area contributed by atoms with Gasteiger partial charge in [-0.25, -0.2) is 4.39 Å². The quantitative estimate of drug-likeness (QED) is 0.368. The molecule has 0 radical (unpaired) electrons. The normalized spacial score (nSPS) is 8.08. The van der Waals surface area contributed by atoms with E-state index in [2.05, 4.69) is 10.0 Å². The third-order valence-electron chi connectivity index (χ3n) is 1.21. The van der Waals surface area contributed by atoms with Gasteiger partial charge in [0.25, 0.3) is 0 Å². The molecule has 3 nitrogen and oxygen atoms in total. The maximum Gasteiger partial charge on any atom is 0.123 e. The number of rotatable bonds is 2. The van der Waals surface area contributed by atoms with Crippen molar-refractivity contribution in [2.75, 3.05) is 0 Å². The molecular weight excluding hydrogens is 157 g/mol. The lowest BCUT2D eigenvalue weighted by Crippen LogP contribution is -1.80. The maximum absolute atomic E-state index is 12.5. The van der Waals surface area contributed by atoms with Gasteiger partial charge in [-0.05, 0) is 23.2 Å². The molecule has 64 valence electrons. The molecule has 1 aromatic carbocycles. The summed E-state index contributed by atoms with van der Waals surface area (Å²) in [6.45, 7) is 0.203. The molecule has 0 saturated heterocycles. The summed E-state index contributed by atoms with van der Waals surface area (Å²) in [4.78, 5) is 2.56. The molecule has 0 saturated carbocycles. The van der Waals surface area contributed by atoms with Crippen LogP contribution in [0.1, 0.15) is 13.0 Å². The average molecular weight is 167 g/mol. The van der Waals surface area contributed by atoms with E-state index in [1.54, 1.807) is 12.1 Å². The Balaban J connectivity index is 0.00000121. The Morgan fingerprint density at radius 1 is 1.50 bits per heavy atom. The predicted octanol–water partition coefficient (Wildman–Crippen LogP) is 3.27. The molecule has 0 unspecified atom stereocenters. The standard InChI is InChI=1S/C7H6FN3.CH4/c8-7-3-1-2-6(4-7)5-10-11-9;/h1-4H,5H2;1H4. The fraction of sp³-hybridized carbons (Fsp3) is 0.250. The zero-order valence-electron chi connectivity index (χ0n) is 5.74. The van der Waals surface area contributed by atoms with Crippen LogP contribution >= 0.6 is 0 Å². The van der Waals surface area contributed by atoms with Crippen LogP contribution in [0.2, 0.25) is 0 Å². The van der Waals surface area contributed by atoms with Gasteiger partial charge in [0.05, 0.1) is 6.54 Å². The summed E-state index contributed by atoms with van der Waals surface area (Å²) in [5.74, 6) is -0.310. The SMILES string of the molecule is C.[N-]=[N+]=NCc1cccc(F)c1. The molecular formula is C8H10FN3. The fourth-order valence-corrected chi connectivity index (χ4v) is 0.749.